The van der Waals surface area contributed by atoms with E-state index in [0.717, 1.165) is 23.9 Å². The lowest BCUT2D eigenvalue weighted by Gasteiger charge is -2.11. The SMILES string of the molecule is OC(c1ccc(Br)c(Br)c1)c1sccc1Br. The maximum Gasteiger partial charge on any atom is 0.114 e. The molecule has 1 aromatic carbocycles. The number of hydrogen-bond acceptors (Lipinski definition) is 2. The number of rotatable bonds is 2. The summed E-state index contributed by atoms with van der Waals surface area (Å²) < 4.78 is 2.87. The molecule has 0 aliphatic heterocycles. The van der Waals surface area contributed by atoms with Crippen molar-refractivity contribution < 1.29 is 5.11 Å². The maximum absolute atomic E-state index is 10.2. The molecule has 2 rings (SSSR count). The van der Waals surface area contributed by atoms with Gasteiger partial charge in [0.05, 0.1) is 4.88 Å². The van der Waals surface area contributed by atoms with Crippen molar-refractivity contribution in [1.29, 1.82) is 0 Å². The predicted octanol–water partition coefficient (Wildman–Crippen LogP) is 5.12. The average molecular weight is 427 g/mol. The van der Waals surface area contributed by atoms with E-state index in [4.69, 9.17) is 0 Å². The van der Waals surface area contributed by atoms with E-state index in [-0.39, 0.29) is 0 Å². The summed E-state index contributed by atoms with van der Waals surface area (Å²) in [6.07, 6.45) is -0.584. The van der Waals surface area contributed by atoms with Crippen LogP contribution in [-0.4, -0.2) is 5.11 Å². The minimum atomic E-state index is -0.584. The van der Waals surface area contributed by atoms with Gasteiger partial charge in [-0.3, -0.25) is 0 Å². The van der Waals surface area contributed by atoms with Crippen LogP contribution >= 0.6 is 59.1 Å². The van der Waals surface area contributed by atoms with E-state index < -0.39 is 6.10 Å². The highest BCUT2D eigenvalue weighted by molar-refractivity contribution is 9.13. The third-order valence-electron chi connectivity index (χ3n) is 2.15. The molecule has 1 heterocycles. The molecule has 0 fully saturated rings. The monoisotopic (exact) mass is 424 g/mol. The smallest absolute Gasteiger partial charge is 0.114 e. The zero-order valence-corrected chi connectivity index (χ0v) is 13.5. The Balaban J connectivity index is 2.38. The van der Waals surface area contributed by atoms with Crippen molar-refractivity contribution >= 4 is 59.1 Å². The van der Waals surface area contributed by atoms with Crippen LogP contribution in [0.15, 0.2) is 43.1 Å². The van der Waals surface area contributed by atoms with Crippen LogP contribution in [0, 0.1) is 0 Å². The van der Waals surface area contributed by atoms with Crippen molar-refractivity contribution in [3.8, 4) is 0 Å². The van der Waals surface area contributed by atoms with Crippen LogP contribution < -0.4 is 0 Å². The summed E-state index contributed by atoms with van der Waals surface area (Å²) in [4.78, 5) is 0.925. The van der Waals surface area contributed by atoms with Gasteiger partial charge >= 0.3 is 0 Å². The normalized spacial score (nSPS) is 12.8. The third kappa shape index (κ3) is 2.59. The number of aliphatic hydroxyl groups excluding tert-OH is 1. The van der Waals surface area contributed by atoms with Crippen molar-refractivity contribution in [2.45, 2.75) is 6.10 Å². The Labute approximate surface area is 123 Å². The van der Waals surface area contributed by atoms with Crippen LogP contribution in [0.4, 0.5) is 0 Å². The lowest BCUT2D eigenvalue weighted by molar-refractivity contribution is 0.223. The number of benzene rings is 1. The Morgan fingerprint density at radius 2 is 1.75 bits per heavy atom. The molecule has 84 valence electrons. The Hall–Kier alpha value is 0.320. The van der Waals surface area contributed by atoms with Crippen LogP contribution in [0.1, 0.15) is 16.5 Å². The molecule has 1 aromatic heterocycles. The summed E-state index contributed by atoms with van der Waals surface area (Å²) >= 11 is 11.8. The molecule has 0 spiro atoms. The number of halogens is 3. The van der Waals surface area contributed by atoms with Crippen molar-refractivity contribution in [1.82, 2.24) is 0 Å². The fourth-order valence-corrected chi connectivity index (χ4v) is 3.58. The summed E-state index contributed by atoms with van der Waals surface area (Å²) in [5.41, 5.74) is 0.873. The number of thiophene rings is 1. The van der Waals surface area contributed by atoms with Crippen LogP contribution in [0.5, 0.6) is 0 Å². The molecule has 0 saturated heterocycles. The fraction of sp³-hybridized carbons (Fsp3) is 0.0909. The highest BCUT2D eigenvalue weighted by Gasteiger charge is 2.15. The van der Waals surface area contributed by atoms with Crippen molar-refractivity contribution in [2.75, 3.05) is 0 Å². The van der Waals surface area contributed by atoms with Crippen LogP contribution in [0.2, 0.25) is 0 Å². The van der Waals surface area contributed by atoms with E-state index >= 15 is 0 Å². The molecule has 0 aliphatic rings. The van der Waals surface area contributed by atoms with Gasteiger partial charge in [0.2, 0.25) is 0 Å². The lowest BCUT2D eigenvalue weighted by Crippen LogP contribution is -1.97. The van der Waals surface area contributed by atoms with Crippen molar-refractivity contribution in [2.24, 2.45) is 0 Å². The Bertz CT molecular complexity index is 510. The Morgan fingerprint density at radius 3 is 2.31 bits per heavy atom. The molecule has 0 saturated carbocycles. The zero-order chi connectivity index (χ0) is 11.7. The first-order valence-electron chi connectivity index (χ1n) is 4.45. The highest BCUT2D eigenvalue weighted by Crippen LogP contribution is 2.35. The molecule has 0 radical (unpaired) electrons. The molecule has 5 heteroatoms. The molecule has 0 bridgehead atoms. The summed E-state index contributed by atoms with van der Waals surface area (Å²) in [6, 6.07) is 7.69. The van der Waals surface area contributed by atoms with Gasteiger partial charge in [-0.05, 0) is 76.9 Å². The van der Waals surface area contributed by atoms with Gasteiger partial charge in [0.25, 0.3) is 0 Å². The quantitative estimate of drug-likeness (QED) is 0.706. The first kappa shape index (κ1) is 12.8. The summed E-state index contributed by atoms with van der Waals surface area (Å²) in [6.45, 7) is 0. The second kappa shape index (κ2) is 5.31. The van der Waals surface area contributed by atoms with Gasteiger partial charge in [-0.2, -0.15) is 0 Å². The van der Waals surface area contributed by atoms with Crippen molar-refractivity contribution in [3.05, 3.63) is 53.5 Å². The largest absolute Gasteiger partial charge is 0.383 e. The van der Waals surface area contributed by atoms with Gasteiger partial charge in [0, 0.05) is 13.4 Å². The lowest BCUT2D eigenvalue weighted by atomic mass is 10.1. The van der Waals surface area contributed by atoms with Gasteiger partial charge in [-0.25, -0.2) is 0 Å². The maximum atomic E-state index is 10.2. The molecule has 1 unspecified atom stereocenters. The summed E-state index contributed by atoms with van der Waals surface area (Å²) in [7, 11) is 0. The van der Waals surface area contributed by atoms with E-state index in [2.05, 4.69) is 47.8 Å². The Morgan fingerprint density at radius 1 is 1.00 bits per heavy atom. The summed E-state index contributed by atoms with van der Waals surface area (Å²) in [5, 5.41) is 12.2. The van der Waals surface area contributed by atoms with Crippen LogP contribution in [0.3, 0.4) is 0 Å². The highest BCUT2D eigenvalue weighted by atomic mass is 79.9. The van der Waals surface area contributed by atoms with Gasteiger partial charge in [-0.15, -0.1) is 11.3 Å². The van der Waals surface area contributed by atoms with Crippen LogP contribution in [0.25, 0.3) is 0 Å². The van der Waals surface area contributed by atoms with Gasteiger partial charge in [0.1, 0.15) is 6.10 Å². The first-order valence-corrected chi connectivity index (χ1v) is 7.71. The predicted molar refractivity (Wildman–Crippen MR) is 77.9 cm³/mol. The van der Waals surface area contributed by atoms with Gasteiger partial charge < -0.3 is 5.11 Å². The van der Waals surface area contributed by atoms with Crippen LogP contribution in [-0.2, 0) is 0 Å². The average Bonchev–Trinajstić information content (AvgIpc) is 2.67. The molecule has 1 nitrogen and oxygen atoms in total. The van der Waals surface area contributed by atoms with E-state index in [1.807, 2.05) is 29.6 Å². The fourth-order valence-electron chi connectivity index (χ4n) is 1.33. The zero-order valence-electron chi connectivity index (χ0n) is 7.95. The second-order valence-electron chi connectivity index (χ2n) is 3.21. The second-order valence-corrected chi connectivity index (χ2v) is 6.72. The number of aliphatic hydroxyl groups is 1. The minimum Gasteiger partial charge on any atom is -0.383 e. The molecule has 1 atom stereocenters. The molecule has 0 aliphatic carbocycles. The molecule has 16 heavy (non-hydrogen) atoms. The van der Waals surface area contributed by atoms with E-state index in [0.29, 0.717) is 0 Å². The minimum absolute atomic E-state index is 0.584. The first-order chi connectivity index (χ1) is 7.59. The topological polar surface area (TPSA) is 20.2 Å². The van der Waals surface area contributed by atoms with Gasteiger partial charge in [-0.1, -0.05) is 6.07 Å². The van der Waals surface area contributed by atoms with E-state index in [1.54, 1.807) is 0 Å². The molecule has 1 N–H and O–H groups in total. The number of hydrogen-bond donors (Lipinski definition) is 1. The molecule has 2 aromatic rings. The molecule has 0 amide bonds. The van der Waals surface area contributed by atoms with Crippen molar-refractivity contribution in [3.63, 3.8) is 0 Å². The van der Waals surface area contributed by atoms with Gasteiger partial charge in [0.15, 0.2) is 0 Å². The molecular weight excluding hydrogens is 420 g/mol. The summed E-state index contributed by atoms with van der Waals surface area (Å²) in [5.74, 6) is 0. The Kier molecular flexibility index (Phi) is 4.24. The third-order valence-corrected chi connectivity index (χ3v) is 5.96. The van der Waals surface area contributed by atoms with E-state index in [9.17, 15) is 5.11 Å². The standard InChI is InChI=1S/C11H7Br3OS/c12-7-2-1-6(5-9(7)14)10(15)11-8(13)3-4-16-11/h1-5,10,15H. The molecular formula is C11H7Br3OS. The van der Waals surface area contributed by atoms with E-state index in [1.165, 1.54) is 11.3 Å².